The first-order valence-electron chi connectivity index (χ1n) is 11.6. The van der Waals surface area contributed by atoms with Gasteiger partial charge in [0.25, 0.3) is 0 Å². The number of nitrogens with one attached hydrogen (secondary N) is 2. The van der Waals surface area contributed by atoms with Gasteiger partial charge >= 0.3 is 0 Å². The number of primary amides is 1. The van der Waals surface area contributed by atoms with Crippen molar-refractivity contribution in [1.29, 1.82) is 0 Å². The van der Waals surface area contributed by atoms with Crippen LogP contribution in [0, 0.1) is 11.8 Å². The zero-order valence-electron chi connectivity index (χ0n) is 18.8. The summed E-state index contributed by atoms with van der Waals surface area (Å²) in [5.74, 6) is 2.59. The van der Waals surface area contributed by atoms with Crippen LogP contribution in [0.3, 0.4) is 0 Å². The third-order valence-corrected chi connectivity index (χ3v) is 6.54. The van der Waals surface area contributed by atoms with E-state index in [-0.39, 0.29) is 35.8 Å². The minimum absolute atomic E-state index is 0. The lowest BCUT2D eigenvalue weighted by Crippen LogP contribution is -2.40. The van der Waals surface area contributed by atoms with Gasteiger partial charge in [0.15, 0.2) is 5.96 Å². The van der Waals surface area contributed by atoms with Crippen LogP contribution >= 0.6 is 24.0 Å². The standard InChI is InChI=1S/C23H38N6O.HI/c1-25-23(27-13-5-4-9-18-7-2-3-8-18)28-17-20-10-6-14-26-22(20)29-15-11-19(12-16-29)21(24)30;/h6,10,14,18-19H,2-5,7-9,11-13,15-17H2,1H3,(H2,24,30)(H2,25,27,28);1H. The summed E-state index contributed by atoms with van der Waals surface area (Å²) in [6.45, 7) is 3.24. The van der Waals surface area contributed by atoms with Crippen molar-refractivity contribution in [3.8, 4) is 0 Å². The fourth-order valence-electron chi connectivity index (χ4n) is 4.69. The van der Waals surface area contributed by atoms with E-state index in [1.165, 1.54) is 44.9 Å². The number of piperidine rings is 1. The van der Waals surface area contributed by atoms with Crippen LogP contribution < -0.4 is 21.3 Å². The van der Waals surface area contributed by atoms with Crippen molar-refractivity contribution in [2.24, 2.45) is 22.6 Å². The number of pyridine rings is 1. The fourth-order valence-corrected chi connectivity index (χ4v) is 4.69. The van der Waals surface area contributed by atoms with Crippen LogP contribution in [-0.4, -0.2) is 43.5 Å². The lowest BCUT2D eigenvalue weighted by atomic mass is 9.96. The summed E-state index contributed by atoms with van der Waals surface area (Å²) in [6, 6.07) is 4.07. The van der Waals surface area contributed by atoms with Gasteiger partial charge in [0.1, 0.15) is 5.82 Å². The maximum atomic E-state index is 11.4. The van der Waals surface area contributed by atoms with Crippen LogP contribution in [0.2, 0.25) is 0 Å². The molecule has 4 N–H and O–H groups in total. The molecule has 1 aliphatic carbocycles. The first-order valence-corrected chi connectivity index (χ1v) is 11.6. The largest absolute Gasteiger partial charge is 0.369 e. The number of halogens is 1. The minimum atomic E-state index is -0.185. The number of unbranched alkanes of at least 4 members (excludes halogenated alkanes) is 1. The summed E-state index contributed by atoms with van der Waals surface area (Å²) in [6.07, 6.45) is 13.0. The van der Waals surface area contributed by atoms with Crippen molar-refractivity contribution < 1.29 is 4.79 Å². The van der Waals surface area contributed by atoms with E-state index in [0.29, 0.717) is 6.54 Å². The second-order valence-electron chi connectivity index (χ2n) is 8.65. The Balaban J connectivity index is 0.00000341. The van der Waals surface area contributed by atoms with Crippen LogP contribution in [-0.2, 0) is 11.3 Å². The zero-order valence-corrected chi connectivity index (χ0v) is 21.1. The molecule has 0 radical (unpaired) electrons. The first-order chi connectivity index (χ1) is 14.7. The van der Waals surface area contributed by atoms with Crippen LogP contribution in [0.4, 0.5) is 5.82 Å². The zero-order chi connectivity index (χ0) is 21.2. The maximum Gasteiger partial charge on any atom is 0.220 e. The van der Waals surface area contributed by atoms with E-state index in [1.807, 2.05) is 19.3 Å². The Bertz CT molecular complexity index is 699. The molecule has 1 amide bonds. The van der Waals surface area contributed by atoms with Gasteiger partial charge in [-0.15, -0.1) is 24.0 Å². The lowest BCUT2D eigenvalue weighted by molar-refractivity contribution is -0.122. The van der Waals surface area contributed by atoms with E-state index >= 15 is 0 Å². The van der Waals surface area contributed by atoms with Crippen molar-refractivity contribution in [3.63, 3.8) is 0 Å². The molecule has 174 valence electrons. The van der Waals surface area contributed by atoms with E-state index in [1.54, 1.807) is 0 Å². The predicted octanol–water partition coefficient (Wildman–Crippen LogP) is 3.43. The molecule has 1 aromatic rings. The van der Waals surface area contributed by atoms with Crippen molar-refractivity contribution >= 4 is 41.7 Å². The van der Waals surface area contributed by atoms with Gasteiger partial charge in [-0.1, -0.05) is 44.6 Å². The number of nitrogens with zero attached hydrogens (tertiary/aromatic N) is 3. The van der Waals surface area contributed by atoms with Crippen molar-refractivity contribution in [2.45, 2.75) is 64.3 Å². The molecule has 0 atom stereocenters. The molecule has 1 aliphatic heterocycles. The van der Waals surface area contributed by atoms with E-state index in [9.17, 15) is 4.79 Å². The molecule has 0 unspecified atom stereocenters. The summed E-state index contributed by atoms with van der Waals surface area (Å²) in [7, 11) is 1.81. The van der Waals surface area contributed by atoms with Crippen LogP contribution in [0.15, 0.2) is 23.3 Å². The number of hydrogen-bond acceptors (Lipinski definition) is 4. The van der Waals surface area contributed by atoms with Gasteiger partial charge in [-0.05, 0) is 31.2 Å². The number of rotatable bonds is 9. The molecule has 1 saturated heterocycles. The minimum Gasteiger partial charge on any atom is -0.369 e. The number of anilines is 1. The Morgan fingerprint density at radius 1 is 1.19 bits per heavy atom. The van der Waals surface area contributed by atoms with Gasteiger partial charge in [-0.3, -0.25) is 9.79 Å². The third kappa shape index (κ3) is 8.12. The number of carbonyl (C=O) groups excluding carboxylic acids is 1. The normalized spacial score (nSPS) is 18.0. The summed E-state index contributed by atoms with van der Waals surface area (Å²) in [5, 5.41) is 6.86. The number of nitrogens with two attached hydrogens (primary N) is 1. The fraction of sp³-hybridized carbons (Fsp3) is 0.696. The molecular weight excluding hydrogens is 503 g/mol. The average molecular weight is 543 g/mol. The van der Waals surface area contributed by atoms with Gasteiger partial charge in [0.05, 0.1) is 0 Å². The molecule has 2 heterocycles. The molecule has 2 fully saturated rings. The number of aromatic nitrogens is 1. The average Bonchev–Trinajstić information content (AvgIpc) is 3.29. The Hall–Kier alpha value is -1.58. The van der Waals surface area contributed by atoms with Gasteiger partial charge in [0.2, 0.25) is 5.91 Å². The van der Waals surface area contributed by atoms with Gasteiger partial charge in [0, 0.05) is 50.9 Å². The Morgan fingerprint density at radius 2 is 1.94 bits per heavy atom. The van der Waals surface area contributed by atoms with Crippen LogP contribution in [0.25, 0.3) is 0 Å². The van der Waals surface area contributed by atoms with Crippen molar-refractivity contribution in [1.82, 2.24) is 15.6 Å². The maximum absolute atomic E-state index is 11.4. The second kappa shape index (κ2) is 13.8. The number of aliphatic imine (C=N–C) groups is 1. The molecule has 8 heteroatoms. The van der Waals surface area contributed by atoms with E-state index in [2.05, 4.69) is 31.6 Å². The number of guanidine groups is 1. The molecular formula is C23H39IN6O. The Morgan fingerprint density at radius 3 is 2.61 bits per heavy atom. The molecule has 31 heavy (non-hydrogen) atoms. The van der Waals surface area contributed by atoms with Crippen LogP contribution in [0.5, 0.6) is 0 Å². The third-order valence-electron chi connectivity index (χ3n) is 6.54. The van der Waals surface area contributed by atoms with E-state index in [4.69, 9.17) is 5.73 Å². The van der Waals surface area contributed by atoms with Crippen LogP contribution in [0.1, 0.15) is 63.4 Å². The molecule has 3 rings (SSSR count). The molecule has 1 saturated carbocycles. The highest BCUT2D eigenvalue weighted by molar-refractivity contribution is 14.0. The highest BCUT2D eigenvalue weighted by Crippen LogP contribution is 2.28. The topological polar surface area (TPSA) is 95.6 Å². The van der Waals surface area contributed by atoms with E-state index in [0.717, 1.165) is 55.7 Å². The quantitative estimate of drug-likeness (QED) is 0.192. The van der Waals surface area contributed by atoms with Gasteiger partial charge in [-0.2, -0.15) is 0 Å². The Labute approximate surface area is 204 Å². The van der Waals surface area contributed by atoms with E-state index < -0.39 is 0 Å². The first kappa shape index (κ1) is 25.7. The molecule has 2 aliphatic rings. The summed E-state index contributed by atoms with van der Waals surface area (Å²) in [5.41, 5.74) is 6.60. The molecule has 1 aromatic heterocycles. The Kier molecular flexibility index (Phi) is 11.4. The molecule has 7 nitrogen and oxygen atoms in total. The second-order valence-corrected chi connectivity index (χ2v) is 8.65. The summed E-state index contributed by atoms with van der Waals surface area (Å²) >= 11 is 0. The highest BCUT2D eigenvalue weighted by atomic mass is 127. The smallest absolute Gasteiger partial charge is 0.220 e. The van der Waals surface area contributed by atoms with Gasteiger partial charge < -0.3 is 21.3 Å². The van der Waals surface area contributed by atoms with Crippen molar-refractivity contribution in [3.05, 3.63) is 23.9 Å². The molecule has 0 aromatic carbocycles. The SMILES string of the molecule is CN=C(NCCCCC1CCCC1)NCc1cccnc1N1CCC(C(N)=O)CC1.I. The summed E-state index contributed by atoms with van der Waals surface area (Å²) < 4.78 is 0. The highest BCUT2D eigenvalue weighted by Gasteiger charge is 2.25. The molecule has 0 bridgehead atoms. The van der Waals surface area contributed by atoms with Gasteiger partial charge in [-0.25, -0.2) is 4.98 Å². The van der Waals surface area contributed by atoms with Crippen molar-refractivity contribution in [2.75, 3.05) is 31.6 Å². The monoisotopic (exact) mass is 542 g/mol. The predicted molar refractivity (Wildman–Crippen MR) is 138 cm³/mol. The number of hydrogen-bond donors (Lipinski definition) is 3. The number of carbonyl (C=O) groups is 1. The number of amides is 1. The molecule has 0 spiro atoms. The lowest BCUT2D eigenvalue weighted by Gasteiger charge is -2.32. The summed E-state index contributed by atoms with van der Waals surface area (Å²) in [4.78, 5) is 22.7.